The second-order valence-electron chi connectivity index (χ2n) is 5.09. The van der Waals surface area contributed by atoms with Crippen LogP contribution in [-0.4, -0.2) is 29.8 Å². The van der Waals surface area contributed by atoms with Crippen molar-refractivity contribution in [2.24, 2.45) is 0 Å². The molecule has 1 aromatic rings. The van der Waals surface area contributed by atoms with E-state index >= 15 is 0 Å². The molecule has 6 nitrogen and oxygen atoms in total. The van der Waals surface area contributed by atoms with Gasteiger partial charge in [0.25, 0.3) is 0 Å². The van der Waals surface area contributed by atoms with Crippen molar-refractivity contribution in [3.05, 3.63) is 23.8 Å². The fourth-order valence-corrected chi connectivity index (χ4v) is 2.81. The molecule has 2 N–H and O–H groups in total. The molecule has 0 radical (unpaired) electrons. The minimum Gasteiger partial charge on any atom is -0.450 e. The molecule has 118 valence electrons. The van der Waals surface area contributed by atoms with E-state index in [2.05, 4.69) is 10.6 Å². The van der Waals surface area contributed by atoms with E-state index in [1.807, 2.05) is 25.1 Å². The van der Waals surface area contributed by atoms with Crippen molar-refractivity contribution in [3.8, 4) is 0 Å². The van der Waals surface area contributed by atoms with Crippen molar-refractivity contribution < 1.29 is 14.3 Å². The molecule has 0 saturated carbocycles. The minimum atomic E-state index is -0.586. The summed E-state index contributed by atoms with van der Waals surface area (Å²) in [7, 11) is 0. The number of carbonyl (C=O) groups is 2. The molecular formula is C15H19N3O3S. The predicted octanol–water partition coefficient (Wildman–Crippen LogP) is 2.43. The first-order chi connectivity index (χ1) is 10.4. The van der Waals surface area contributed by atoms with Crippen molar-refractivity contribution in [1.29, 1.82) is 0 Å². The van der Waals surface area contributed by atoms with Crippen LogP contribution in [0.3, 0.4) is 0 Å². The van der Waals surface area contributed by atoms with Gasteiger partial charge in [-0.1, -0.05) is 0 Å². The second-order valence-corrected chi connectivity index (χ2v) is 5.49. The molecule has 1 heterocycles. The number of benzene rings is 1. The molecule has 0 unspecified atom stereocenters. The van der Waals surface area contributed by atoms with Crippen LogP contribution >= 0.6 is 12.2 Å². The summed E-state index contributed by atoms with van der Waals surface area (Å²) in [6, 6.07) is 5.79. The number of thiocarbonyl (C=S) groups is 1. The summed E-state index contributed by atoms with van der Waals surface area (Å²) in [5.74, 6) is 0.0338. The zero-order valence-corrected chi connectivity index (χ0v) is 13.6. The van der Waals surface area contributed by atoms with Gasteiger partial charge in [0.1, 0.15) is 0 Å². The van der Waals surface area contributed by atoms with Gasteiger partial charge in [-0.25, -0.2) is 4.79 Å². The molecule has 0 spiro atoms. The number of anilines is 2. The summed E-state index contributed by atoms with van der Waals surface area (Å²) in [6.07, 6.45) is 0.209. The van der Waals surface area contributed by atoms with E-state index in [0.717, 1.165) is 23.4 Å². The van der Waals surface area contributed by atoms with Crippen molar-refractivity contribution in [2.45, 2.75) is 33.2 Å². The largest absolute Gasteiger partial charge is 0.450 e. The van der Waals surface area contributed by atoms with Crippen LogP contribution < -0.4 is 15.5 Å². The lowest BCUT2D eigenvalue weighted by Crippen LogP contribution is -2.34. The van der Waals surface area contributed by atoms with Crippen LogP contribution in [0.15, 0.2) is 18.2 Å². The highest BCUT2D eigenvalue weighted by atomic mass is 32.1. The Morgan fingerprint density at radius 3 is 2.82 bits per heavy atom. The van der Waals surface area contributed by atoms with Gasteiger partial charge in [-0.3, -0.25) is 10.1 Å². The van der Waals surface area contributed by atoms with Gasteiger partial charge in [-0.15, -0.1) is 0 Å². The summed E-state index contributed by atoms with van der Waals surface area (Å²) in [6.45, 7) is 5.59. The van der Waals surface area contributed by atoms with Crippen LogP contribution in [0, 0.1) is 0 Å². The molecule has 1 aromatic carbocycles. The molecule has 1 aliphatic rings. The number of rotatable bonds is 2. The highest BCUT2D eigenvalue weighted by Gasteiger charge is 2.28. The van der Waals surface area contributed by atoms with E-state index in [1.165, 1.54) is 0 Å². The normalized spacial score (nSPS) is 16.0. The number of nitrogens with zero attached hydrogens (tertiary/aromatic N) is 1. The fourth-order valence-electron chi connectivity index (χ4n) is 2.61. The maximum atomic E-state index is 11.7. The molecule has 0 bridgehead atoms. The van der Waals surface area contributed by atoms with E-state index in [-0.39, 0.29) is 23.7 Å². The van der Waals surface area contributed by atoms with Gasteiger partial charge >= 0.3 is 6.09 Å². The number of amides is 2. The quantitative estimate of drug-likeness (QED) is 0.819. The number of alkyl carbamates (subject to hydrolysis) is 1. The van der Waals surface area contributed by atoms with E-state index in [4.69, 9.17) is 17.0 Å². The van der Waals surface area contributed by atoms with E-state index in [1.54, 1.807) is 18.7 Å². The first-order valence-electron chi connectivity index (χ1n) is 7.09. The van der Waals surface area contributed by atoms with Gasteiger partial charge in [0.15, 0.2) is 5.11 Å². The zero-order chi connectivity index (χ0) is 16.3. The van der Waals surface area contributed by atoms with E-state index in [0.29, 0.717) is 0 Å². The number of fused-ring (bicyclic) bond motifs is 1. The predicted molar refractivity (Wildman–Crippen MR) is 89.1 cm³/mol. The maximum absolute atomic E-state index is 11.7. The Kier molecular flexibility index (Phi) is 4.97. The molecule has 7 heteroatoms. The average molecular weight is 321 g/mol. The number of ether oxygens (including phenoxy) is 1. The standard InChI is InChI=1S/C15H19N3O3S/c1-4-21-15(20)17-14(22)16-12-5-6-13-11(8-12)7-9(2)18(13)10(3)19/h5-6,8-9H,4,7H2,1-3H3,(H2,16,17,20,22)/t9-/m0/s1. The van der Waals surface area contributed by atoms with Crippen molar-refractivity contribution in [1.82, 2.24) is 5.32 Å². The molecule has 1 aliphatic heterocycles. The molecular weight excluding hydrogens is 302 g/mol. The van der Waals surface area contributed by atoms with Crippen LogP contribution in [0.5, 0.6) is 0 Å². The van der Waals surface area contributed by atoms with Crippen molar-refractivity contribution in [2.75, 3.05) is 16.8 Å². The van der Waals surface area contributed by atoms with Gasteiger partial charge in [-0.2, -0.15) is 0 Å². The molecule has 0 saturated heterocycles. The van der Waals surface area contributed by atoms with Gasteiger partial charge in [0.2, 0.25) is 5.91 Å². The van der Waals surface area contributed by atoms with Crippen LogP contribution in [0.1, 0.15) is 26.3 Å². The number of nitrogens with one attached hydrogen (secondary N) is 2. The van der Waals surface area contributed by atoms with E-state index in [9.17, 15) is 9.59 Å². The van der Waals surface area contributed by atoms with Gasteiger partial charge in [0.05, 0.1) is 6.61 Å². The van der Waals surface area contributed by atoms with Crippen molar-refractivity contribution in [3.63, 3.8) is 0 Å². The number of hydrogen-bond acceptors (Lipinski definition) is 4. The Balaban J connectivity index is 2.07. The minimum absolute atomic E-state index is 0.0338. The highest BCUT2D eigenvalue weighted by molar-refractivity contribution is 7.80. The summed E-state index contributed by atoms with van der Waals surface area (Å²) in [4.78, 5) is 24.8. The monoisotopic (exact) mass is 321 g/mol. The maximum Gasteiger partial charge on any atom is 0.413 e. The first kappa shape index (κ1) is 16.2. The van der Waals surface area contributed by atoms with Crippen molar-refractivity contribution >= 4 is 40.7 Å². The third kappa shape index (κ3) is 3.54. The number of hydrogen-bond donors (Lipinski definition) is 2. The van der Waals surface area contributed by atoms with Crippen LogP contribution in [0.2, 0.25) is 0 Å². The lowest BCUT2D eigenvalue weighted by atomic mass is 10.1. The Labute approximate surface area is 134 Å². The second kappa shape index (κ2) is 6.74. The first-order valence-corrected chi connectivity index (χ1v) is 7.50. The summed E-state index contributed by atoms with van der Waals surface area (Å²) >= 11 is 5.05. The SMILES string of the molecule is CCOC(=O)NC(=S)Nc1ccc2c(c1)C[C@H](C)N2C(C)=O. The fraction of sp³-hybridized carbons (Fsp3) is 0.400. The Morgan fingerprint density at radius 1 is 1.45 bits per heavy atom. The molecule has 0 aliphatic carbocycles. The molecule has 2 rings (SSSR count). The van der Waals surface area contributed by atoms with Gasteiger partial charge < -0.3 is 15.0 Å². The van der Waals surface area contributed by atoms with Crippen LogP contribution in [0.4, 0.5) is 16.2 Å². The number of carbonyl (C=O) groups excluding carboxylic acids is 2. The average Bonchev–Trinajstić information content (AvgIpc) is 2.73. The third-order valence-corrected chi connectivity index (χ3v) is 3.59. The topological polar surface area (TPSA) is 70.7 Å². The highest BCUT2D eigenvalue weighted by Crippen LogP contribution is 2.34. The smallest absolute Gasteiger partial charge is 0.413 e. The lowest BCUT2D eigenvalue weighted by Gasteiger charge is -2.20. The molecule has 0 fully saturated rings. The Hall–Kier alpha value is -2.15. The lowest BCUT2D eigenvalue weighted by molar-refractivity contribution is -0.116. The molecule has 2 amide bonds. The molecule has 0 aromatic heterocycles. The summed E-state index contributed by atoms with van der Waals surface area (Å²) in [5, 5.41) is 5.54. The third-order valence-electron chi connectivity index (χ3n) is 3.38. The van der Waals surface area contributed by atoms with Crippen LogP contribution in [0.25, 0.3) is 0 Å². The van der Waals surface area contributed by atoms with Gasteiger partial charge in [-0.05, 0) is 56.2 Å². The summed E-state index contributed by atoms with van der Waals surface area (Å²) in [5.41, 5.74) is 2.76. The molecule has 1 atom stereocenters. The van der Waals surface area contributed by atoms with Crippen LogP contribution in [-0.2, 0) is 16.0 Å². The molecule has 22 heavy (non-hydrogen) atoms. The summed E-state index contributed by atoms with van der Waals surface area (Å²) < 4.78 is 4.76. The Bertz CT molecular complexity index is 618. The van der Waals surface area contributed by atoms with E-state index < -0.39 is 6.09 Å². The Morgan fingerprint density at radius 2 is 2.18 bits per heavy atom. The zero-order valence-electron chi connectivity index (χ0n) is 12.8. The van der Waals surface area contributed by atoms with Gasteiger partial charge in [0, 0.05) is 24.3 Å².